The molecular weight excluding hydrogens is 980 g/mol. The molecule has 1 amide bonds. The number of carbonyl (C=O) groups excluding carboxylic acids is 1. The molecule has 74 heavy (non-hydrogen) atoms. The molecule has 0 spiro atoms. The van der Waals surface area contributed by atoms with E-state index in [2.05, 4.69) is 14.9 Å². The van der Waals surface area contributed by atoms with Gasteiger partial charge in [0.2, 0.25) is 5.88 Å². The number of hydrogen-bond acceptors (Lipinski definition) is 13. The van der Waals surface area contributed by atoms with E-state index < -0.39 is 93.1 Å². The smallest absolute Gasteiger partial charge is 0.458 e. The highest BCUT2D eigenvalue weighted by atomic mass is 19.4. The summed E-state index contributed by atoms with van der Waals surface area (Å²) < 4.78 is 149. The van der Waals surface area contributed by atoms with Crippen LogP contribution < -0.4 is 28.7 Å². The van der Waals surface area contributed by atoms with Crippen LogP contribution in [0.25, 0.3) is 22.2 Å². The van der Waals surface area contributed by atoms with Crippen molar-refractivity contribution in [2.45, 2.75) is 122 Å². The van der Waals surface area contributed by atoms with Crippen LogP contribution in [0, 0.1) is 18.6 Å². The Balaban J connectivity index is 1.25. The largest absolute Gasteiger partial charge is 0.497 e. The van der Waals surface area contributed by atoms with Crippen LogP contribution in [0.4, 0.5) is 47.0 Å². The number of halogens is 7. The summed E-state index contributed by atoms with van der Waals surface area (Å²) in [6, 6.07) is 12.7. The zero-order chi connectivity index (χ0) is 53.0. The molecule has 5 aromatic rings. The number of aryl methyl sites for hydroxylation is 1. The van der Waals surface area contributed by atoms with Crippen molar-refractivity contribution in [2.75, 3.05) is 63.5 Å². The first kappa shape index (κ1) is 52.5. The molecule has 21 heteroatoms. The number of morpholine rings is 1. The Kier molecular flexibility index (Phi) is 14.5. The standard InChI is InChI=1S/C53H60F7N7O7/c1-9-37-46-30(3)73-48-40-45(62-49(72-28-34-15-14-33-27-71-23-22-65(33)34)63-47(40)67(46)21-20-66(37)50(68)74-51(4,5)6)43(55)44(61-48)39-41(52(56,57)53(58,59)60)29(2)24-38(42(39)54)64(25-31-10-16-35(69-7)17-11-31)26-32-12-18-36(70-8)19-13-32/h10-13,16-19,24,30,33-34,37,46H,9,14-15,20-23,25-28H2,1-8H3/t30-,33-,34-,37-,46+/m0/s1. The lowest BCUT2D eigenvalue weighted by atomic mass is 9.91. The van der Waals surface area contributed by atoms with Crippen LogP contribution in [0.15, 0.2) is 54.6 Å². The number of methoxy groups -OCH3 is 2. The van der Waals surface area contributed by atoms with Crippen molar-refractivity contribution in [3.05, 3.63) is 88.5 Å². The summed E-state index contributed by atoms with van der Waals surface area (Å²) >= 11 is 0. The summed E-state index contributed by atoms with van der Waals surface area (Å²) in [6.45, 7) is 11.6. The number of alkyl halides is 5. The Bertz CT molecular complexity index is 2820. The molecule has 0 bridgehead atoms. The predicted molar refractivity (Wildman–Crippen MR) is 261 cm³/mol. The quantitative estimate of drug-likeness (QED) is 0.104. The molecule has 3 saturated heterocycles. The van der Waals surface area contributed by atoms with Crippen LogP contribution in [0.5, 0.6) is 23.4 Å². The highest BCUT2D eigenvalue weighted by Crippen LogP contribution is 2.53. The second-order valence-electron chi connectivity index (χ2n) is 20.2. The lowest BCUT2D eigenvalue weighted by molar-refractivity contribution is -0.289. The average Bonchev–Trinajstić information content (AvgIpc) is 3.73. The van der Waals surface area contributed by atoms with Gasteiger partial charge in [-0.3, -0.25) is 4.90 Å². The van der Waals surface area contributed by atoms with E-state index in [1.54, 1.807) is 81.1 Å². The third-order valence-corrected chi connectivity index (χ3v) is 14.3. The van der Waals surface area contributed by atoms with Gasteiger partial charge in [-0.15, -0.1) is 0 Å². The molecule has 9 rings (SSSR count). The molecule has 0 unspecified atom stereocenters. The molecule has 3 aromatic carbocycles. The second-order valence-corrected chi connectivity index (χ2v) is 20.2. The van der Waals surface area contributed by atoms with E-state index in [0.29, 0.717) is 48.8 Å². The maximum Gasteiger partial charge on any atom is 0.458 e. The number of rotatable bonds is 13. The molecule has 0 aliphatic carbocycles. The number of piperazine rings is 1. The summed E-state index contributed by atoms with van der Waals surface area (Å²) in [6.07, 6.45) is -5.85. The lowest BCUT2D eigenvalue weighted by Crippen LogP contribution is -2.65. The second kappa shape index (κ2) is 20.4. The molecule has 4 aliphatic rings. The highest BCUT2D eigenvalue weighted by molar-refractivity contribution is 5.98. The number of nitrogens with zero attached hydrogens (tertiary/aromatic N) is 7. The first-order valence-electron chi connectivity index (χ1n) is 24.7. The first-order chi connectivity index (χ1) is 35.1. The lowest BCUT2D eigenvalue weighted by Gasteiger charge is -2.48. The van der Waals surface area contributed by atoms with E-state index in [-0.39, 0.29) is 62.1 Å². The van der Waals surface area contributed by atoms with Crippen molar-refractivity contribution in [3.63, 3.8) is 0 Å². The Labute approximate surface area is 424 Å². The Morgan fingerprint density at radius 2 is 1.51 bits per heavy atom. The number of carbonyl (C=O) groups is 1. The molecule has 3 fully saturated rings. The average molecular weight is 1040 g/mol. The van der Waals surface area contributed by atoms with E-state index >= 15 is 17.6 Å². The summed E-state index contributed by atoms with van der Waals surface area (Å²) in [5.74, 6) is -8.24. The van der Waals surface area contributed by atoms with Crippen molar-refractivity contribution in [1.82, 2.24) is 24.8 Å². The van der Waals surface area contributed by atoms with E-state index in [0.717, 1.165) is 25.8 Å². The van der Waals surface area contributed by atoms with Crippen LogP contribution in [-0.2, 0) is 28.5 Å². The molecule has 4 aliphatic heterocycles. The van der Waals surface area contributed by atoms with Gasteiger partial charge in [0, 0.05) is 50.4 Å². The zero-order valence-corrected chi connectivity index (χ0v) is 42.5. The van der Waals surface area contributed by atoms with Crippen LogP contribution in [-0.4, -0.2) is 127 Å². The molecule has 0 radical (unpaired) electrons. The van der Waals surface area contributed by atoms with Gasteiger partial charge < -0.3 is 43.1 Å². The van der Waals surface area contributed by atoms with Gasteiger partial charge >= 0.3 is 24.2 Å². The van der Waals surface area contributed by atoms with E-state index in [1.165, 1.54) is 19.1 Å². The van der Waals surface area contributed by atoms with Crippen LogP contribution in [0.2, 0.25) is 0 Å². The number of anilines is 2. The Morgan fingerprint density at radius 3 is 2.11 bits per heavy atom. The zero-order valence-electron chi connectivity index (χ0n) is 42.5. The van der Waals surface area contributed by atoms with Crippen molar-refractivity contribution in [1.29, 1.82) is 0 Å². The minimum atomic E-state index is -6.27. The van der Waals surface area contributed by atoms with E-state index in [1.807, 2.05) is 11.8 Å². The molecule has 6 heterocycles. The van der Waals surface area contributed by atoms with Crippen LogP contribution >= 0.6 is 0 Å². The molecule has 14 nitrogen and oxygen atoms in total. The van der Waals surface area contributed by atoms with Crippen molar-refractivity contribution >= 4 is 28.5 Å². The molecule has 0 saturated carbocycles. The number of benzene rings is 3. The van der Waals surface area contributed by atoms with Gasteiger partial charge in [0.05, 0.1) is 50.8 Å². The van der Waals surface area contributed by atoms with Gasteiger partial charge in [0.15, 0.2) is 11.6 Å². The number of amides is 1. The van der Waals surface area contributed by atoms with E-state index in [4.69, 9.17) is 33.4 Å². The molecular formula is C53H60F7N7O7. The molecule has 5 atom stereocenters. The van der Waals surface area contributed by atoms with Crippen molar-refractivity contribution in [2.24, 2.45) is 0 Å². The summed E-state index contributed by atoms with van der Waals surface area (Å²) in [4.78, 5) is 34.7. The van der Waals surface area contributed by atoms with E-state index in [9.17, 15) is 18.0 Å². The number of pyridine rings is 1. The number of hydrogen-bond donors (Lipinski definition) is 0. The SMILES string of the molecule is CC[C@H]1[C@H]2[C@H](C)Oc3nc(-c4c(F)c(N(Cc5ccc(OC)cc5)Cc5ccc(OC)cc5)cc(C)c4C(F)(F)C(F)(F)F)c(F)c4nc(OC[C@@H]5CC[C@H]6COCCN65)nc(c34)N2CCN1C(=O)OC(C)(C)C. The molecule has 0 N–H and O–H groups in total. The Hall–Kier alpha value is -6.35. The minimum absolute atomic E-state index is 0.0571. The van der Waals surface area contributed by atoms with Gasteiger partial charge in [-0.1, -0.05) is 31.2 Å². The third-order valence-electron chi connectivity index (χ3n) is 14.3. The van der Waals surface area contributed by atoms with Gasteiger partial charge in [0.25, 0.3) is 0 Å². The van der Waals surface area contributed by atoms with Crippen LogP contribution in [0.3, 0.4) is 0 Å². The maximum atomic E-state index is 18.2. The molecule has 2 aromatic heterocycles. The summed E-state index contributed by atoms with van der Waals surface area (Å²) in [5, 5.41) is -0.152. The summed E-state index contributed by atoms with van der Waals surface area (Å²) in [5.41, 5.74) is -5.91. The summed E-state index contributed by atoms with van der Waals surface area (Å²) in [7, 11) is 2.96. The number of aromatic nitrogens is 3. The fraction of sp³-hybridized carbons (Fsp3) is 0.509. The van der Waals surface area contributed by atoms with Gasteiger partial charge in [-0.2, -0.15) is 31.9 Å². The fourth-order valence-corrected chi connectivity index (χ4v) is 10.8. The normalized spacial score (nSPS) is 21.1. The highest BCUT2D eigenvalue weighted by Gasteiger charge is 2.61. The Morgan fingerprint density at radius 1 is 0.865 bits per heavy atom. The van der Waals surface area contributed by atoms with Crippen molar-refractivity contribution < 1.29 is 63.9 Å². The fourth-order valence-electron chi connectivity index (χ4n) is 10.8. The monoisotopic (exact) mass is 1040 g/mol. The maximum absolute atomic E-state index is 18.2. The first-order valence-corrected chi connectivity index (χ1v) is 24.7. The number of fused-ring (bicyclic) bond motifs is 3. The van der Waals surface area contributed by atoms with Gasteiger partial charge in [0.1, 0.15) is 52.2 Å². The number of ether oxygens (including phenoxy) is 6. The third kappa shape index (κ3) is 10.00. The van der Waals surface area contributed by atoms with Gasteiger partial charge in [-0.25, -0.2) is 18.6 Å². The minimum Gasteiger partial charge on any atom is -0.497 e. The van der Waals surface area contributed by atoms with Crippen molar-refractivity contribution in [3.8, 4) is 34.6 Å². The van der Waals surface area contributed by atoms with Gasteiger partial charge in [-0.05, 0) is 101 Å². The van der Waals surface area contributed by atoms with Crippen LogP contribution in [0.1, 0.15) is 76.1 Å². The topological polar surface area (TPSA) is 124 Å². The predicted octanol–water partition coefficient (Wildman–Crippen LogP) is 10.4. The molecule has 398 valence electrons.